The van der Waals surface area contributed by atoms with Crippen LogP contribution in [-0.2, 0) is 25.7 Å². The monoisotopic (exact) mass is 1610 g/mol. The Hall–Kier alpha value is -12.8. The average Bonchev–Trinajstić information content (AvgIpc) is 0.855. The summed E-state index contributed by atoms with van der Waals surface area (Å²) in [5.41, 5.74) is 14.8. The third kappa shape index (κ3) is 30.1. The van der Waals surface area contributed by atoms with E-state index in [2.05, 4.69) is 144 Å². The van der Waals surface area contributed by atoms with Gasteiger partial charge in [-0.25, -0.2) is 19.2 Å². The SMILES string of the molecule is CCCCCCc1ccc(-c2ccc(OC(=O)c3ccc(OC(F)F)cc3)cc2)cc1.CCCCCc1ccc(-c2ccc(OC(=O)c3ccc(OC(F)F)cc3)cc2)cc1.CCCCc1ccc(-c2ccc(OC(=O)c3ccc(OC(F)F)cc3)cc2)cc1.CCCc1ccc(-c2ccc(OC(=O)c3ccc(OC(F)F)cc3)cc2)cc1. The Balaban J connectivity index is 0.000000179. The molecule has 12 aromatic carbocycles. The summed E-state index contributed by atoms with van der Waals surface area (Å²) in [6.07, 6.45) is 16.5. The first-order valence-corrected chi connectivity index (χ1v) is 39.1. The van der Waals surface area contributed by atoms with Gasteiger partial charge in [0.1, 0.15) is 46.0 Å². The van der Waals surface area contributed by atoms with Crippen LogP contribution in [0, 0.1) is 0 Å². The maximum Gasteiger partial charge on any atom is 0.387 e. The molecule has 0 aromatic heterocycles. The lowest BCUT2D eigenvalue weighted by atomic mass is 10.0. The molecule has 0 aliphatic carbocycles. The smallest absolute Gasteiger partial charge is 0.387 e. The van der Waals surface area contributed by atoms with Crippen LogP contribution in [0.1, 0.15) is 156 Å². The van der Waals surface area contributed by atoms with E-state index in [0.29, 0.717) is 23.0 Å². The molecule has 612 valence electrons. The number of unbranched alkanes of at least 4 members (excludes halogenated alkanes) is 6. The molecule has 0 atom stereocenters. The van der Waals surface area contributed by atoms with Gasteiger partial charge in [-0.1, -0.05) is 218 Å². The molecule has 0 N–H and O–H groups in total. The summed E-state index contributed by atoms with van der Waals surface area (Å²) in [7, 11) is 0. The molecule has 12 nitrogen and oxygen atoms in total. The fraction of sp³-hybridized carbons (Fsp3) is 0.224. The van der Waals surface area contributed by atoms with Gasteiger partial charge in [-0.05, 0) is 257 Å². The number of carbonyl (C=O) groups is 4. The van der Waals surface area contributed by atoms with Gasteiger partial charge in [-0.3, -0.25) is 0 Å². The third-order valence-electron chi connectivity index (χ3n) is 18.4. The summed E-state index contributed by atoms with van der Waals surface area (Å²) in [5.74, 6) is -0.682. The van der Waals surface area contributed by atoms with Crippen LogP contribution < -0.4 is 37.9 Å². The Morgan fingerprint density at radius 3 is 0.585 bits per heavy atom. The van der Waals surface area contributed by atoms with Crippen molar-refractivity contribution in [2.45, 2.75) is 144 Å². The highest BCUT2D eigenvalue weighted by atomic mass is 19.3. The minimum atomic E-state index is -2.90. The van der Waals surface area contributed by atoms with Crippen molar-refractivity contribution >= 4 is 23.9 Å². The van der Waals surface area contributed by atoms with E-state index in [9.17, 15) is 54.3 Å². The van der Waals surface area contributed by atoms with E-state index in [1.54, 1.807) is 48.5 Å². The molecule has 12 rings (SSSR count). The maximum absolute atomic E-state index is 12.3. The van der Waals surface area contributed by atoms with Gasteiger partial charge in [-0.2, -0.15) is 35.1 Å². The van der Waals surface area contributed by atoms with Gasteiger partial charge >= 0.3 is 50.3 Å². The first kappa shape index (κ1) is 89.1. The molecule has 0 aliphatic rings. The predicted molar refractivity (Wildman–Crippen MR) is 443 cm³/mol. The lowest BCUT2D eigenvalue weighted by Crippen LogP contribution is -2.08. The van der Waals surface area contributed by atoms with Crippen LogP contribution in [0.2, 0.25) is 0 Å². The van der Waals surface area contributed by atoms with Crippen LogP contribution >= 0.6 is 0 Å². The molecule has 0 bridgehead atoms. The lowest BCUT2D eigenvalue weighted by Gasteiger charge is -2.08. The molecule has 0 saturated carbocycles. The molecule has 0 unspecified atom stereocenters. The van der Waals surface area contributed by atoms with Crippen molar-refractivity contribution in [1.82, 2.24) is 0 Å². The Morgan fingerprint density at radius 1 is 0.203 bits per heavy atom. The van der Waals surface area contributed by atoms with E-state index >= 15 is 0 Å². The van der Waals surface area contributed by atoms with E-state index in [0.717, 1.165) is 76.6 Å². The number of halogens is 8. The highest BCUT2D eigenvalue weighted by Gasteiger charge is 2.17. The van der Waals surface area contributed by atoms with Crippen LogP contribution in [0.5, 0.6) is 46.0 Å². The largest absolute Gasteiger partial charge is 0.435 e. The second kappa shape index (κ2) is 47.3. The number of alkyl halides is 8. The Morgan fingerprint density at radius 2 is 0.381 bits per heavy atom. The summed E-state index contributed by atoms with van der Waals surface area (Å²) in [6, 6.07) is 84.4. The van der Waals surface area contributed by atoms with Crippen LogP contribution in [0.3, 0.4) is 0 Å². The summed E-state index contributed by atoms with van der Waals surface area (Å²) < 4.78 is 136. The molecule has 118 heavy (non-hydrogen) atoms. The van der Waals surface area contributed by atoms with E-state index in [-0.39, 0.29) is 45.3 Å². The van der Waals surface area contributed by atoms with Crippen molar-refractivity contribution in [2.75, 3.05) is 0 Å². The first-order chi connectivity index (χ1) is 57.2. The van der Waals surface area contributed by atoms with E-state index in [4.69, 9.17) is 18.9 Å². The Kier molecular flexibility index (Phi) is 35.7. The number of hydrogen-bond acceptors (Lipinski definition) is 12. The fourth-order valence-electron chi connectivity index (χ4n) is 12.1. The highest BCUT2D eigenvalue weighted by Crippen LogP contribution is 2.31. The third-order valence-corrected chi connectivity index (χ3v) is 18.4. The van der Waals surface area contributed by atoms with Crippen molar-refractivity contribution in [3.8, 4) is 90.5 Å². The number of rotatable bonds is 34. The molecular weight excluding hydrogens is 1520 g/mol. The topological polar surface area (TPSA) is 142 Å². The minimum absolute atomic E-state index is 0.0112. The molecule has 0 radical (unpaired) electrons. The predicted octanol–water partition coefficient (Wildman–Crippen LogP) is 26.8. The summed E-state index contributed by atoms with van der Waals surface area (Å²) in [6.45, 7) is -2.87. The number of benzene rings is 12. The molecule has 20 heteroatoms. The Bertz CT molecular complexity index is 4980. The van der Waals surface area contributed by atoms with Gasteiger partial charge in [0.15, 0.2) is 0 Å². The number of esters is 4. The van der Waals surface area contributed by atoms with Crippen LogP contribution in [0.4, 0.5) is 35.1 Å². The van der Waals surface area contributed by atoms with E-state index in [1.165, 1.54) is 177 Å². The number of ether oxygens (including phenoxy) is 8. The molecular formula is C98H92F8O12. The molecule has 0 saturated heterocycles. The maximum atomic E-state index is 12.3. The fourth-order valence-corrected chi connectivity index (χ4v) is 12.1. The zero-order valence-electron chi connectivity index (χ0n) is 65.8. The minimum Gasteiger partial charge on any atom is -0.435 e. The van der Waals surface area contributed by atoms with E-state index in [1.807, 2.05) is 48.5 Å². The molecule has 12 aromatic rings. The number of aryl methyl sites for hydroxylation is 4. The standard InChI is InChI=1S/C26H26F2O3.C25H24F2O3.C24H22F2O3.C23H20F2O3/c1-2-3-4-5-6-19-7-9-20(10-8-19)21-11-15-23(16-12-21)30-25(29)22-13-17-24(18-14-22)31-26(27)28;1-2-3-4-5-18-6-8-19(9-7-18)20-10-14-22(15-11-20)29-24(28)21-12-16-23(17-13-21)30-25(26)27;1-2-3-4-17-5-7-18(8-6-17)19-9-13-21(14-10-19)28-23(27)20-11-15-22(16-12-20)29-24(25)26;1-2-3-16-4-6-17(7-5-16)18-8-12-20(13-9-18)27-22(26)19-10-14-21(15-11-19)28-23(24)25/h7-18,26H,2-6H2,1H3;6-17,25H,2-5H2,1H3;5-16,24H,2-4H2,1H3;4-15,23H,2-3H2,1H3. The van der Waals surface area contributed by atoms with Gasteiger partial charge in [-0.15, -0.1) is 0 Å². The summed E-state index contributed by atoms with van der Waals surface area (Å²) >= 11 is 0. The van der Waals surface area contributed by atoms with E-state index < -0.39 is 50.3 Å². The molecule has 0 fully saturated rings. The molecule has 0 aliphatic heterocycles. The Labute approximate surface area is 682 Å². The van der Waals surface area contributed by atoms with Gasteiger partial charge < -0.3 is 37.9 Å². The first-order valence-electron chi connectivity index (χ1n) is 39.1. The van der Waals surface area contributed by atoms with Crippen molar-refractivity contribution in [3.63, 3.8) is 0 Å². The molecule has 0 spiro atoms. The van der Waals surface area contributed by atoms with Gasteiger partial charge in [0, 0.05) is 0 Å². The number of carbonyl (C=O) groups excluding carboxylic acids is 4. The van der Waals surface area contributed by atoms with Crippen molar-refractivity contribution < 1.29 is 92.2 Å². The second-order valence-corrected chi connectivity index (χ2v) is 27.2. The van der Waals surface area contributed by atoms with Gasteiger partial charge in [0.25, 0.3) is 0 Å². The van der Waals surface area contributed by atoms with Crippen LogP contribution in [0.25, 0.3) is 44.5 Å². The number of hydrogen-bond donors (Lipinski definition) is 0. The van der Waals surface area contributed by atoms with Crippen molar-refractivity contribution in [3.05, 3.63) is 336 Å². The van der Waals surface area contributed by atoms with Gasteiger partial charge in [0.05, 0.1) is 22.3 Å². The highest BCUT2D eigenvalue weighted by molar-refractivity contribution is 5.93. The van der Waals surface area contributed by atoms with Gasteiger partial charge in [0.2, 0.25) is 0 Å². The normalized spacial score (nSPS) is 10.8. The quantitative estimate of drug-likeness (QED) is 0.0164. The molecule has 0 amide bonds. The van der Waals surface area contributed by atoms with Crippen molar-refractivity contribution in [2.24, 2.45) is 0 Å². The van der Waals surface area contributed by atoms with Crippen LogP contribution in [0.15, 0.2) is 291 Å². The zero-order chi connectivity index (χ0) is 84.0. The average molecular weight is 1610 g/mol. The van der Waals surface area contributed by atoms with Crippen LogP contribution in [-0.4, -0.2) is 50.3 Å². The lowest BCUT2D eigenvalue weighted by molar-refractivity contribution is -0.0505. The summed E-state index contributed by atoms with van der Waals surface area (Å²) in [5, 5.41) is 0. The molecule has 0 heterocycles. The summed E-state index contributed by atoms with van der Waals surface area (Å²) in [4.78, 5) is 48.9. The van der Waals surface area contributed by atoms with Crippen molar-refractivity contribution in [1.29, 1.82) is 0 Å². The zero-order valence-corrected chi connectivity index (χ0v) is 65.8. The second-order valence-electron chi connectivity index (χ2n) is 27.2.